The van der Waals surface area contributed by atoms with Crippen LogP contribution in [0.4, 0.5) is 0 Å². The molecule has 2 rings (SSSR count). The van der Waals surface area contributed by atoms with Gasteiger partial charge in [0.2, 0.25) is 11.8 Å². The highest BCUT2D eigenvalue weighted by molar-refractivity contribution is 5.78. The van der Waals surface area contributed by atoms with Gasteiger partial charge in [0.25, 0.3) is 0 Å². The molecule has 2 aliphatic rings. The zero-order chi connectivity index (χ0) is 13.5. The zero-order valence-electron chi connectivity index (χ0n) is 11.5. The van der Waals surface area contributed by atoms with Gasteiger partial charge >= 0.3 is 0 Å². The van der Waals surface area contributed by atoms with Crippen molar-refractivity contribution in [3.05, 3.63) is 0 Å². The number of carbonyl (C=O) groups excluding carboxylic acids is 2. The van der Waals surface area contributed by atoms with Crippen LogP contribution in [0, 0.1) is 5.92 Å². The van der Waals surface area contributed by atoms with Crippen LogP contribution in [0.15, 0.2) is 0 Å². The summed E-state index contributed by atoms with van der Waals surface area (Å²) in [5, 5.41) is 2.95. The second-order valence-corrected chi connectivity index (χ2v) is 5.46. The molecule has 0 saturated carbocycles. The number of ether oxygens (including phenoxy) is 1. The van der Waals surface area contributed by atoms with Crippen molar-refractivity contribution in [2.75, 3.05) is 32.8 Å². The Kier molecular flexibility index (Phi) is 5.63. The van der Waals surface area contributed by atoms with E-state index in [4.69, 9.17) is 4.74 Å². The summed E-state index contributed by atoms with van der Waals surface area (Å²) in [6.07, 6.45) is 5.06. The molecule has 5 heteroatoms. The molecule has 2 amide bonds. The lowest BCUT2D eigenvalue weighted by atomic mass is 10.1. The van der Waals surface area contributed by atoms with Crippen LogP contribution in [0.1, 0.15) is 38.5 Å². The number of likely N-dealkylation sites (tertiary alicyclic amines) is 1. The van der Waals surface area contributed by atoms with Crippen molar-refractivity contribution < 1.29 is 14.3 Å². The fraction of sp³-hybridized carbons (Fsp3) is 0.857. The van der Waals surface area contributed by atoms with Crippen LogP contribution in [0.25, 0.3) is 0 Å². The van der Waals surface area contributed by atoms with Crippen LogP contribution in [0.2, 0.25) is 0 Å². The molecule has 0 spiro atoms. The van der Waals surface area contributed by atoms with Crippen LogP contribution in [0.3, 0.4) is 0 Å². The normalized spacial score (nSPS) is 23.1. The van der Waals surface area contributed by atoms with E-state index in [1.54, 1.807) is 0 Å². The number of nitrogens with zero attached hydrogens (tertiary/aromatic N) is 1. The lowest BCUT2D eigenvalue weighted by molar-refractivity contribution is -0.128. The highest BCUT2D eigenvalue weighted by Crippen LogP contribution is 2.15. The first-order valence-corrected chi connectivity index (χ1v) is 7.38. The number of carbonyl (C=O) groups is 2. The number of rotatable bonds is 7. The van der Waals surface area contributed by atoms with Gasteiger partial charge in [-0.15, -0.1) is 0 Å². The third-order valence-corrected chi connectivity index (χ3v) is 3.90. The molecule has 1 atom stereocenters. The quantitative estimate of drug-likeness (QED) is 0.747. The van der Waals surface area contributed by atoms with Gasteiger partial charge in [0, 0.05) is 45.7 Å². The maximum Gasteiger partial charge on any atom is 0.222 e. The summed E-state index contributed by atoms with van der Waals surface area (Å²) >= 11 is 0. The minimum Gasteiger partial charge on any atom is -0.381 e. The second-order valence-electron chi connectivity index (χ2n) is 5.46. The average Bonchev–Trinajstić information content (AvgIpc) is 3.02. The van der Waals surface area contributed by atoms with Crippen LogP contribution in [-0.2, 0) is 14.3 Å². The van der Waals surface area contributed by atoms with Crippen LogP contribution >= 0.6 is 0 Å². The first-order chi connectivity index (χ1) is 9.25. The molecule has 1 N–H and O–H groups in total. The number of hydrogen-bond acceptors (Lipinski definition) is 3. The van der Waals surface area contributed by atoms with Gasteiger partial charge in [0.15, 0.2) is 0 Å². The SMILES string of the molecule is O=C(CCCN1CCCC1=O)NCC[C@H]1CCOC1. The van der Waals surface area contributed by atoms with E-state index in [9.17, 15) is 9.59 Å². The summed E-state index contributed by atoms with van der Waals surface area (Å²) in [4.78, 5) is 24.9. The molecule has 0 unspecified atom stereocenters. The first kappa shape index (κ1) is 14.3. The smallest absolute Gasteiger partial charge is 0.222 e. The molecule has 0 aromatic heterocycles. The Morgan fingerprint density at radius 1 is 1.47 bits per heavy atom. The van der Waals surface area contributed by atoms with Crippen molar-refractivity contribution in [3.8, 4) is 0 Å². The van der Waals surface area contributed by atoms with Crippen molar-refractivity contribution in [1.82, 2.24) is 10.2 Å². The number of amides is 2. The van der Waals surface area contributed by atoms with E-state index in [-0.39, 0.29) is 11.8 Å². The van der Waals surface area contributed by atoms with Gasteiger partial charge in [-0.2, -0.15) is 0 Å². The highest BCUT2D eigenvalue weighted by Gasteiger charge is 2.19. The Bertz CT molecular complexity index is 314. The Balaban J connectivity index is 1.48. The lowest BCUT2D eigenvalue weighted by Crippen LogP contribution is -2.29. The summed E-state index contributed by atoms with van der Waals surface area (Å²) in [7, 11) is 0. The van der Waals surface area contributed by atoms with Crippen molar-refractivity contribution in [2.45, 2.75) is 38.5 Å². The van der Waals surface area contributed by atoms with Crippen LogP contribution in [0.5, 0.6) is 0 Å². The molecule has 5 nitrogen and oxygen atoms in total. The summed E-state index contributed by atoms with van der Waals surface area (Å²) in [5.74, 6) is 0.953. The molecule has 19 heavy (non-hydrogen) atoms. The molecule has 0 aliphatic carbocycles. The molecule has 0 aromatic carbocycles. The van der Waals surface area contributed by atoms with E-state index in [1.807, 2.05) is 4.90 Å². The maximum atomic E-state index is 11.6. The first-order valence-electron chi connectivity index (χ1n) is 7.38. The number of hydrogen-bond donors (Lipinski definition) is 1. The Morgan fingerprint density at radius 3 is 3.05 bits per heavy atom. The van der Waals surface area contributed by atoms with Crippen molar-refractivity contribution in [2.24, 2.45) is 5.92 Å². The maximum absolute atomic E-state index is 11.6. The van der Waals surface area contributed by atoms with E-state index >= 15 is 0 Å². The Labute approximate surface area is 114 Å². The zero-order valence-corrected chi connectivity index (χ0v) is 11.5. The van der Waals surface area contributed by atoms with Gasteiger partial charge in [-0.05, 0) is 31.6 Å². The van der Waals surface area contributed by atoms with Crippen LogP contribution < -0.4 is 5.32 Å². The Hall–Kier alpha value is -1.10. The monoisotopic (exact) mass is 268 g/mol. The fourth-order valence-corrected chi connectivity index (χ4v) is 2.69. The molecular formula is C14H24N2O3. The molecule has 2 saturated heterocycles. The van der Waals surface area contributed by atoms with Crippen molar-refractivity contribution in [1.29, 1.82) is 0 Å². The van der Waals surface area contributed by atoms with Crippen molar-refractivity contribution in [3.63, 3.8) is 0 Å². The summed E-state index contributed by atoms with van der Waals surface area (Å²) in [6.45, 7) is 4.04. The molecule has 2 heterocycles. The largest absolute Gasteiger partial charge is 0.381 e. The molecule has 2 aliphatic heterocycles. The topological polar surface area (TPSA) is 58.6 Å². The van der Waals surface area contributed by atoms with Gasteiger partial charge in [0.05, 0.1) is 0 Å². The lowest BCUT2D eigenvalue weighted by Gasteiger charge is -2.15. The summed E-state index contributed by atoms with van der Waals surface area (Å²) < 4.78 is 5.30. The van der Waals surface area contributed by atoms with E-state index < -0.39 is 0 Å². The molecule has 108 valence electrons. The van der Waals surface area contributed by atoms with E-state index in [1.165, 1.54) is 0 Å². The summed E-state index contributed by atoms with van der Waals surface area (Å²) in [6, 6.07) is 0. The minimum atomic E-state index is 0.102. The molecular weight excluding hydrogens is 244 g/mol. The highest BCUT2D eigenvalue weighted by atomic mass is 16.5. The summed E-state index contributed by atoms with van der Waals surface area (Å²) in [5.41, 5.74) is 0. The molecule has 2 fully saturated rings. The van der Waals surface area contributed by atoms with Crippen LogP contribution in [-0.4, -0.2) is 49.6 Å². The number of nitrogens with one attached hydrogen (secondary N) is 1. The van der Waals surface area contributed by atoms with E-state index in [0.29, 0.717) is 18.8 Å². The standard InChI is InChI=1S/C14H24N2O3/c17-13(15-7-5-12-6-10-19-11-12)3-1-8-16-9-2-4-14(16)18/h12H,1-11H2,(H,15,17)/t12-/m0/s1. The van der Waals surface area contributed by atoms with Gasteiger partial charge in [-0.1, -0.05) is 0 Å². The third kappa shape index (κ3) is 4.82. The third-order valence-electron chi connectivity index (χ3n) is 3.90. The minimum absolute atomic E-state index is 0.102. The Morgan fingerprint density at radius 2 is 2.37 bits per heavy atom. The van der Waals surface area contributed by atoms with Gasteiger partial charge in [-0.25, -0.2) is 0 Å². The average molecular weight is 268 g/mol. The predicted octanol–water partition coefficient (Wildman–Crippen LogP) is 0.932. The molecule has 0 radical (unpaired) electrons. The molecule has 0 bridgehead atoms. The predicted molar refractivity (Wildman–Crippen MR) is 71.6 cm³/mol. The molecule has 0 aromatic rings. The van der Waals surface area contributed by atoms with E-state index in [2.05, 4.69) is 5.32 Å². The van der Waals surface area contributed by atoms with Gasteiger partial charge in [0.1, 0.15) is 0 Å². The second kappa shape index (κ2) is 7.48. The van der Waals surface area contributed by atoms with Gasteiger partial charge in [-0.3, -0.25) is 9.59 Å². The van der Waals surface area contributed by atoms with Gasteiger partial charge < -0.3 is 15.0 Å². The van der Waals surface area contributed by atoms with Crippen molar-refractivity contribution >= 4 is 11.8 Å². The van der Waals surface area contributed by atoms with E-state index in [0.717, 1.165) is 58.5 Å². The fourth-order valence-electron chi connectivity index (χ4n) is 2.69.